The molecule has 0 bridgehead atoms. The molecule has 0 spiro atoms. The quantitative estimate of drug-likeness (QED) is 0.517. The van der Waals surface area contributed by atoms with Crippen molar-refractivity contribution in [3.8, 4) is 0 Å². The molecule has 2 aromatic rings. The molecule has 22 heavy (non-hydrogen) atoms. The third-order valence-electron chi connectivity index (χ3n) is 3.67. The van der Waals surface area contributed by atoms with Crippen LogP contribution in [0.25, 0.3) is 0 Å². The lowest BCUT2D eigenvalue weighted by atomic mass is 10.2. The molecule has 0 atom stereocenters. The van der Waals surface area contributed by atoms with E-state index in [2.05, 4.69) is 15.2 Å². The van der Waals surface area contributed by atoms with Crippen molar-refractivity contribution in [1.82, 2.24) is 4.90 Å². The first kappa shape index (κ1) is 14.7. The van der Waals surface area contributed by atoms with E-state index in [1.54, 1.807) is 0 Å². The summed E-state index contributed by atoms with van der Waals surface area (Å²) in [5.41, 5.74) is 2.04. The molecule has 1 fully saturated rings. The Bertz CT molecular complexity index is 647. The molecule has 0 saturated carbocycles. The highest BCUT2D eigenvalue weighted by atomic mass is 32.1. The number of likely N-dealkylation sites (tertiary alicyclic amines) is 1. The van der Waals surface area contributed by atoms with E-state index in [-0.39, 0.29) is 0 Å². The first-order chi connectivity index (χ1) is 10.8. The van der Waals surface area contributed by atoms with Gasteiger partial charge in [0.1, 0.15) is 5.84 Å². The van der Waals surface area contributed by atoms with Crippen molar-refractivity contribution < 1.29 is 0 Å². The van der Waals surface area contributed by atoms with Crippen molar-refractivity contribution in [2.75, 3.05) is 18.4 Å². The summed E-state index contributed by atoms with van der Waals surface area (Å²) in [6.07, 6.45) is 2.39. The summed E-state index contributed by atoms with van der Waals surface area (Å²) < 4.78 is 0. The zero-order valence-corrected chi connectivity index (χ0v) is 13.2. The van der Waals surface area contributed by atoms with Gasteiger partial charge in [-0.1, -0.05) is 48.5 Å². The molecule has 0 unspecified atom stereocenters. The van der Waals surface area contributed by atoms with Gasteiger partial charge < -0.3 is 10.2 Å². The van der Waals surface area contributed by atoms with Crippen LogP contribution in [0.4, 0.5) is 5.69 Å². The molecule has 1 N–H and O–H groups in total. The van der Waals surface area contributed by atoms with E-state index in [4.69, 9.17) is 12.2 Å². The molecule has 0 amide bonds. The Morgan fingerprint density at radius 3 is 2.14 bits per heavy atom. The highest BCUT2D eigenvalue weighted by Crippen LogP contribution is 2.13. The lowest BCUT2D eigenvalue weighted by Gasteiger charge is -2.17. The Labute approximate surface area is 136 Å². The van der Waals surface area contributed by atoms with Gasteiger partial charge in [0.15, 0.2) is 5.11 Å². The SMILES string of the molecule is S=C(/N=C(\Nc1ccccc1)c1ccccc1)N1CCCC1. The second kappa shape index (κ2) is 7.18. The Morgan fingerprint density at radius 1 is 0.909 bits per heavy atom. The summed E-state index contributed by atoms with van der Waals surface area (Å²) in [5, 5.41) is 4.05. The maximum absolute atomic E-state index is 5.50. The summed E-state index contributed by atoms with van der Waals surface area (Å²) in [7, 11) is 0. The van der Waals surface area contributed by atoms with E-state index in [1.807, 2.05) is 60.7 Å². The minimum atomic E-state index is 0.666. The van der Waals surface area contributed by atoms with Gasteiger partial charge in [0.05, 0.1) is 0 Å². The van der Waals surface area contributed by atoms with E-state index in [1.165, 1.54) is 12.8 Å². The van der Waals surface area contributed by atoms with Crippen molar-refractivity contribution in [3.63, 3.8) is 0 Å². The van der Waals surface area contributed by atoms with E-state index >= 15 is 0 Å². The standard InChI is InChI=1S/C18H19N3S/c22-18(21-13-7-8-14-21)20-17(15-9-3-1-4-10-15)19-16-11-5-2-6-12-16/h1-6,9-12H,7-8,13-14H2,(H,19,20,22). The lowest BCUT2D eigenvalue weighted by Crippen LogP contribution is -2.27. The van der Waals surface area contributed by atoms with Crippen molar-refractivity contribution >= 4 is 28.9 Å². The number of hydrogen-bond acceptors (Lipinski definition) is 1. The van der Waals surface area contributed by atoms with Crippen molar-refractivity contribution in [2.45, 2.75) is 12.8 Å². The highest BCUT2D eigenvalue weighted by Gasteiger charge is 2.15. The largest absolute Gasteiger partial charge is 0.347 e. The predicted octanol–water partition coefficient (Wildman–Crippen LogP) is 3.93. The fraction of sp³-hybridized carbons (Fsp3) is 0.222. The topological polar surface area (TPSA) is 27.6 Å². The molecule has 112 valence electrons. The second-order valence-corrected chi connectivity index (χ2v) is 5.66. The summed E-state index contributed by atoms with van der Waals surface area (Å²) in [6.45, 7) is 2.02. The number of para-hydroxylation sites is 1. The number of hydrogen-bond donors (Lipinski definition) is 1. The van der Waals surface area contributed by atoms with Crippen LogP contribution in [0.2, 0.25) is 0 Å². The Hall–Kier alpha value is -2.20. The van der Waals surface area contributed by atoms with Crippen LogP contribution in [-0.4, -0.2) is 28.9 Å². The monoisotopic (exact) mass is 309 g/mol. The first-order valence-corrected chi connectivity index (χ1v) is 7.99. The van der Waals surface area contributed by atoms with Crippen LogP contribution >= 0.6 is 12.2 Å². The third-order valence-corrected chi connectivity index (χ3v) is 4.02. The van der Waals surface area contributed by atoms with E-state index < -0.39 is 0 Å². The number of benzene rings is 2. The molecule has 1 aliphatic rings. The van der Waals surface area contributed by atoms with Gasteiger partial charge in [-0.15, -0.1) is 0 Å². The number of rotatable bonds is 2. The van der Waals surface area contributed by atoms with Crippen LogP contribution in [-0.2, 0) is 0 Å². The van der Waals surface area contributed by atoms with Gasteiger partial charge >= 0.3 is 0 Å². The smallest absolute Gasteiger partial charge is 0.197 e. The van der Waals surface area contributed by atoms with Gasteiger partial charge in [-0.25, -0.2) is 4.99 Å². The first-order valence-electron chi connectivity index (χ1n) is 7.58. The summed E-state index contributed by atoms with van der Waals surface area (Å²) in [5.74, 6) is 0.795. The average Bonchev–Trinajstić information content (AvgIpc) is 3.11. The molecule has 2 aromatic carbocycles. The van der Waals surface area contributed by atoms with Crippen LogP contribution < -0.4 is 5.32 Å². The maximum atomic E-state index is 5.50. The number of nitrogens with zero attached hydrogens (tertiary/aromatic N) is 2. The zero-order valence-electron chi connectivity index (χ0n) is 12.4. The fourth-order valence-corrected chi connectivity index (χ4v) is 2.77. The van der Waals surface area contributed by atoms with Crippen molar-refractivity contribution in [3.05, 3.63) is 66.2 Å². The summed E-state index contributed by atoms with van der Waals surface area (Å²) in [6, 6.07) is 20.2. The highest BCUT2D eigenvalue weighted by molar-refractivity contribution is 7.80. The molecule has 0 aliphatic carbocycles. The van der Waals surface area contributed by atoms with E-state index in [0.29, 0.717) is 5.11 Å². The second-order valence-electron chi connectivity index (χ2n) is 5.29. The molecule has 1 saturated heterocycles. The summed E-state index contributed by atoms with van der Waals surface area (Å²) >= 11 is 5.50. The molecule has 1 heterocycles. The van der Waals surface area contributed by atoms with E-state index in [0.717, 1.165) is 30.2 Å². The van der Waals surface area contributed by atoms with Gasteiger partial charge in [-0.05, 0) is 37.2 Å². The Balaban J connectivity index is 1.87. The van der Waals surface area contributed by atoms with Gasteiger partial charge in [0.25, 0.3) is 0 Å². The lowest BCUT2D eigenvalue weighted by molar-refractivity contribution is 0.524. The van der Waals surface area contributed by atoms with Crippen molar-refractivity contribution in [2.24, 2.45) is 4.99 Å². The number of thiocarbonyl (C=S) groups is 1. The van der Waals surface area contributed by atoms with Crippen LogP contribution in [0.3, 0.4) is 0 Å². The van der Waals surface area contributed by atoms with E-state index in [9.17, 15) is 0 Å². The Kier molecular flexibility index (Phi) is 4.81. The van der Waals surface area contributed by atoms with Gasteiger partial charge in [-0.2, -0.15) is 0 Å². The molecule has 0 radical (unpaired) electrons. The minimum absolute atomic E-state index is 0.666. The third kappa shape index (κ3) is 3.71. The zero-order chi connectivity index (χ0) is 15.2. The van der Waals surface area contributed by atoms with Crippen LogP contribution in [0, 0.1) is 0 Å². The Morgan fingerprint density at radius 2 is 1.50 bits per heavy atom. The van der Waals surface area contributed by atoms with Gasteiger partial charge in [0.2, 0.25) is 0 Å². The molecule has 1 aliphatic heterocycles. The fourth-order valence-electron chi connectivity index (χ4n) is 2.49. The predicted molar refractivity (Wildman–Crippen MR) is 96.4 cm³/mol. The molecule has 3 rings (SSSR count). The molecule has 0 aromatic heterocycles. The summed E-state index contributed by atoms with van der Waals surface area (Å²) in [4.78, 5) is 6.86. The van der Waals surface area contributed by atoms with Gasteiger partial charge in [-0.3, -0.25) is 0 Å². The minimum Gasteiger partial charge on any atom is -0.347 e. The number of nitrogens with one attached hydrogen (secondary N) is 1. The maximum Gasteiger partial charge on any atom is 0.197 e. The van der Waals surface area contributed by atoms with Crippen LogP contribution in [0.5, 0.6) is 0 Å². The van der Waals surface area contributed by atoms with Crippen LogP contribution in [0.1, 0.15) is 18.4 Å². The number of aliphatic imine (C=N–C) groups is 1. The molecular weight excluding hydrogens is 290 g/mol. The average molecular weight is 309 g/mol. The number of amidine groups is 1. The molecular formula is C18H19N3S. The van der Waals surface area contributed by atoms with Gasteiger partial charge in [0, 0.05) is 24.3 Å². The van der Waals surface area contributed by atoms with Crippen molar-refractivity contribution in [1.29, 1.82) is 0 Å². The normalized spacial score (nSPS) is 14.9. The molecule has 4 heteroatoms. The van der Waals surface area contributed by atoms with Crippen LogP contribution in [0.15, 0.2) is 65.7 Å². The molecule has 3 nitrogen and oxygen atoms in total. The number of anilines is 1.